The lowest BCUT2D eigenvalue weighted by atomic mass is 9.82. The second-order valence-corrected chi connectivity index (χ2v) is 10.6. The van der Waals surface area contributed by atoms with Crippen LogP contribution in [0.2, 0.25) is 0 Å². The van der Waals surface area contributed by atoms with Crippen LogP contribution < -0.4 is 0 Å². The summed E-state index contributed by atoms with van der Waals surface area (Å²) in [5.41, 5.74) is 1.88. The summed E-state index contributed by atoms with van der Waals surface area (Å²) < 4.78 is 47.8. The third kappa shape index (κ3) is 5.80. The van der Waals surface area contributed by atoms with E-state index in [1.54, 1.807) is 6.20 Å². The Balaban J connectivity index is 1.84. The fourth-order valence-electron chi connectivity index (χ4n) is 5.00. The molecule has 0 aliphatic carbocycles. The van der Waals surface area contributed by atoms with Crippen molar-refractivity contribution in [2.75, 3.05) is 6.54 Å². The van der Waals surface area contributed by atoms with Crippen molar-refractivity contribution >= 4 is 12.0 Å². The average Bonchev–Trinajstić information content (AvgIpc) is 3.29. The van der Waals surface area contributed by atoms with Crippen LogP contribution in [0, 0.1) is 11.6 Å². The summed E-state index contributed by atoms with van der Waals surface area (Å²) in [4.78, 5) is 12.7. The van der Waals surface area contributed by atoms with Crippen LogP contribution in [0.1, 0.15) is 69.0 Å². The van der Waals surface area contributed by atoms with Gasteiger partial charge in [0.1, 0.15) is 17.3 Å². The molecule has 0 spiro atoms. The van der Waals surface area contributed by atoms with E-state index in [0.717, 1.165) is 41.0 Å². The Kier molecular flexibility index (Phi) is 7.33. The lowest BCUT2D eigenvalue weighted by molar-refractivity contribution is -0.131. The molecule has 1 aromatic heterocycles. The minimum Gasteiger partial charge on any atom is -0.478 e. The van der Waals surface area contributed by atoms with E-state index in [4.69, 9.17) is 5.11 Å². The molecular weight excluding hydrogens is 479 g/mol. The molecule has 2 heterocycles. The first kappa shape index (κ1) is 26.7. The van der Waals surface area contributed by atoms with Gasteiger partial charge in [-0.25, -0.2) is 18.0 Å². The van der Waals surface area contributed by atoms with Crippen molar-refractivity contribution < 1.29 is 23.1 Å². The van der Waals surface area contributed by atoms with E-state index in [9.17, 15) is 9.18 Å². The predicted octanol–water partition coefficient (Wildman–Crippen LogP) is 6.59. The number of aromatic nitrogens is 2. The topological polar surface area (TPSA) is 58.4 Å². The fraction of sp³-hybridized carbons (Fsp3) is 0.379. The van der Waals surface area contributed by atoms with Crippen LogP contribution in [-0.2, 0) is 11.2 Å². The molecule has 0 saturated carbocycles. The van der Waals surface area contributed by atoms with Gasteiger partial charge in [0.25, 0.3) is 0 Å². The van der Waals surface area contributed by atoms with Crippen LogP contribution in [-0.4, -0.2) is 44.0 Å². The minimum absolute atomic E-state index is 0.0132. The summed E-state index contributed by atoms with van der Waals surface area (Å²) in [5.74, 6) is -2.83. The molecule has 37 heavy (non-hydrogen) atoms. The van der Waals surface area contributed by atoms with Crippen molar-refractivity contribution in [3.8, 4) is 11.1 Å². The van der Waals surface area contributed by atoms with Gasteiger partial charge in [-0.1, -0.05) is 18.2 Å². The van der Waals surface area contributed by atoms with E-state index in [1.807, 2.05) is 54.7 Å². The van der Waals surface area contributed by atoms with Gasteiger partial charge >= 0.3 is 5.97 Å². The van der Waals surface area contributed by atoms with Crippen LogP contribution in [0.25, 0.3) is 17.2 Å². The second-order valence-electron chi connectivity index (χ2n) is 10.6. The van der Waals surface area contributed by atoms with Gasteiger partial charge in [0.2, 0.25) is 0 Å². The Morgan fingerprint density at radius 2 is 1.86 bits per heavy atom. The van der Waals surface area contributed by atoms with E-state index >= 15 is 8.78 Å². The number of fused-ring (bicyclic) bond motifs is 1. The fourth-order valence-corrected chi connectivity index (χ4v) is 5.00. The Bertz CT molecular complexity index is 1320. The molecule has 1 aliphatic rings. The molecule has 4 rings (SSSR count). The molecule has 2 aromatic carbocycles. The number of carbonyl (C=O) groups is 1. The highest BCUT2D eigenvalue weighted by Crippen LogP contribution is 2.42. The van der Waals surface area contributed by atoms with Gasteiger partial charge in [0.05, 0.1) is 12.2 Å². The number of alkyl halides is 1. The van der Waals surface area contributed by atoms with Crippen LogP contribution in [0.15, 0.2) is 48.8 Å². The number of benzene rings is 2. The highest BCUT2D eigenvalue weighted by atomic mass is 19.1. The van der Waals surface area contributed by atoms with E-state index in [2.05, 4.69) is 5.10 Å². The third-order valence-corrected chi connectivity index (χ3v) is 6.67. The molecule has 1 N–H and O–H groups in total. The number of carboxylic acid groups (broad SMARTS) is 1. The first-order valence-electron chi connectivity index (χ1n) is 12.4. The van der Waals surface area contributed by atoms with Crippen molar-refractivity contribution in [3.63, 3.8) is 0 Å². The maximum absolute atomic E-state index is 15.5. The summed E-state index contributed by atoms with van der Waals surface area (Å²) in [7, 11) is 0. The highest BCUT2D eigenvalue weighted by molar-refractivity contribution is 5.85. The van der Waals surface area contributed by atoms with E-state index in [-0.39, 0.29) is 29.8 Å². The second kappa shape index (κ2) is 10.2. The van der Waals surface area contributed by atoms with Crippen LogP contribution >= 0.6 is 0 Å². The number of rotatable bonds is 7. The minimum atomic E-state index is -1.59. The summed E-state index contributed by atoms with van der Waals surface area (Å²) in [6, 6.07) is 7.20. The smallest absolute Gasteiger partial charge is 0.328 e. The molecule has 0 amide bonds. The normalized spacial score (nSPS) is 18.5. The van der Waals surface area contributed by atoms with Gasteiger partial charge in [-0.05, 0) is 81.5 Å². The quantitative estimate of drug-likeness (QED) is 0.364. The SMILES string of the molecule is CC(C)n1cc(-c2ccc3c(c2)C[C@H](C)N(CC(C)(C)F)[C@H]3c2c(F)cc(/C=C/C(=O)O)cc2F)cn1. The molecule has 8 heteroatoms. The molecule has 0 saturated heterocycles. The molecule has 5 nitrogen and oxygen atoms in total. The number of hydrogen-bond donors (Lipinski definition) is 1. The summed E-state index contributed by atoms with van der Waals surface area (Å²) in [6.07, 6.45) is 6.33. The molecule has 0 unspecified atom stereocenters. The van der Waals surface area contributed by atoms with Gasteiger partial charge in [-0.3, -0.25) is 9.58 Å². The Hall–Kier alpha value is -3.39. The molecule has 0 radical (unpaired) electrons. The molecule has 3 aromatic rings. The number of aliphatic carboxylic acids is 1. The number of nitrogens with zero attached hydrogens (tertiary/aromatic N) is 3. The monoisotopic (exact) mass is 511 g/mol. The zero-order chi connectivity index (χ0) is 27.1. The Morgan fingerprint density at radius 1 is 1.19 bits per heavy atom. The summed E-state index contributed by atoms with van der Waals surface area (Å²) in [6.45, 7) is 8.92. The molecule has 0 fully saturated rings. The van der Waals surface area contributed by atoms with E-state index in [0.29, 0.717) is 12.0 Å². The van der Waals surface area contributed by atoms with E-state index in [1.165, 1.54) is 13.8 Å². The Morgan fingerprint density at radius 3 is 2.43 bits per heavy atom. The lowest BCUT2D eigenvalue weighted by Gasteiger charge is -2.44. The number of hydrogen-bond acceptors (Lipinski definition) is 3. The number of halogens is 3. The maximum Gasteiger partial charge on any atom is 0.328 e. The molecule has 1 aliphatic heterocycles. The summed E-state index contributed by atoms with van der Waals surface area (Å²) in [5, 5.41) is 13.3. The first-order valence-corrected chi connectivity index (χ1v) is 12.4. The summed E-state index contributed by atoms with van der Waals surface area (Å²) >= 11 is 0. The first-order chi connectivity index (χ1) is 17.3. The van der Waals surface area contributed by atoms with Crippen molar-refractivity contribution in [2.24, 2.45) is 0 Å². The van der Waals surface area contributed by atoms with Crippen LogP contribution in [0.3, 0.4) is 0 Å². The Labute approximate surface area is 215 Å². The van der Waals surface area contributed by atoms with Crippen LogP contribution in [0.4, 0.5) is 13.2 Å². The average molecular weight is 512 g/mol. The molecule has 196 valence electrons. The van der Waals surface area contributed by atoms with Gasteiger partial charge in [-0.15, -0.1) is 0 Å². The molecule has 0 bridgehead atoms. The zero-order valence-electron chi connectivity index (χ0n) is 21.7. The largest absolute Gasteiger partial charge is 0.478 e. The van der Waals surface area contributed by atoms with Crippen molar-refractivity contribution in [2.45, 2.75) is 64.8 Å². The number of carboxylic acids is 1. The standard InChI is InChI=1S/C29H32F3N3O2/c1-17(2)35-15-22(14-33-35)20-7-8-23-21(13-20)10-18(3)34(16-29(4,5)32)28(23)27-24(30)11-19(12-25(27)31)6-9-26(36)37/h6-9,11-15,17-18,28H,10,16H2,1-5H3,(H,36,37)/b9-6+/t18-,28+/m0/s1. The predicted molar refractivity (Wildman–Crippen MR) is 138 cm³/mol. The van der Waals surface area contributed by atoms with Gasteiger partial charge in [0.15, 0.2) is 0 Å². The van der Waals surface area contributed by atoms with Gasteiger partial charge < -0.3 is 5.11 Å². The lowest BCUT2D eigenvalue weighted by Crippen LogP contribution is -2.48. The zero-order valence-corrected chi connectivity index (χ0v) is 21.7. The van der Waals surface area contributed by atoms with E-state index < -0.39 is 29.3 Å². The molecule has 2 atom stereocenters. The van der Waals surface area contributed by atoms with Crippen molar-refractivity contribution in [3.05, 3.63) is 82.7 Å². The van der Waals surface area contributed by atoms with Gasteiger partial charge in [-0.2, -0.15) is 5.10 Å². The van der Waals surface area contributed by atoms with Gasteiger partial charge in [0, 0.05) is 42.0 Å². The molecular formula is C29H32F3N3O2. The maximum atomic E-state index is 15.5. The van der Waals surface area contributed by atoms with Crippen molar-refractivity contribution in [1.29, 1.82) is 0 Å². The van der Waals surface area contributed by atoms with Crippen molar-refractivity contribution in [1.82, 2.24) is 14.7 Å². The highest BCUT2D eigenvalue weighted by Gasteiger charge is 2.39. The van der Waals surface area contributed by atoms with Crippen LogP contribution in [0.5, 0.6) is 0 Å². The third-order valence-electron chi connectivity index (χ3n) is 6.67.